The van der Waals surface area contributed by atoms with Gasteiger partial charge in [0.15, 0.2) is 7.26 Å². The van der Waals surface area contributed by atoms with E-state index in [4.69, 9.17) is 0 Å². The van der Waals surface area contributed by atoms with Crippen LogP contribution in [-0.2, 0) is 5.40 Å². The molecular weight excluding hydrogens is 519 g/mol. The largest absolute Gasteiger partial charge is 0.378 e. The second-order valence-corrected chi connectivity index (χ2v) is 13.5. The van der Waals surface area contributed by atoms with Gasteiger partial charge in [-0.3, -0.25) is 0 Å². The van der Waals surface area contributed by atoms with E-state index in [1.165, 1.54) is 0 Å². The van der Waals surface area contributed by atoms with E-state index in [0.717, 1.165) is 15.9 Å². The monoisotopic (exact) mass is 559 g/mol. The first-order valence-electron chi connectivity index (χ1n) is 13.6. The maximum Gasteiger partial charge on any atom is 0.236 e. The fourth-order valence-corrected chi connectivity index (χ4v) is 12.0. The molecule has 4 aromatic rings. The summed E-state index contributed by atoms with van der Waals surface area (Å²) in [5.74, 6) is 0. The maximum atomic E-state index is 11.6. The van der Waals surface area contributed by atoms with Crippen LogP contribution in [0.25, 0.3) is 0 Å². The summed E-state index contributed by atoms with van der Waals surface area (Å²) in [7, 11) is -3.13. The van der Waals surface area contributed by atoms with Gasteiger partial charge >= 0.3 is 0 Å². The van der Waals surface area contributed by atoms with Gasteiger partial charge in [0.2, 0.25) is 5.40 Å². The lowest BCUT2D eigenvalue weighted by Crippen LogP contribution is -2.71. The summed E-state index contributed by atoms with van der Waals surface area (Å²) in [6.07, 6.45) is -4.74. The zero-order valence-corrected chi connectivity index (χ0v) is 24.4. The fraction of sp³-hybridized carbons (Fsp3) is 0.273. The molecule has 0 aliphatic rings. The van der Waals surface area contributed by atoms with Crippen LogP contribution in [0.5, 0.6) is 0 Å². The Morgan fingerprint density at radius 1 is 0.450 bits per heavy atom. The van der Waals surface area contributed by atoms with E-state index < -0.39 is 37.6 Å². The number of aliphatic hydroxyl groups is 4. The summed E-state index contributed by atoms with van der Waals surface area (Å²) in [4.78, 5) is 3.26. The molecule has 4 N–H and O–H groups in total. The molecule has 0 heterocycles. The Hall–Kier alpha value is -2.93. The van der Waals surface area contributed by atoms with Crippen molar-refractivity contribution in [2.45, 2.75) is 58.0 Å². The van der Waals surface area contributed by atoms with E-state index in [1.807, 2.05) is 84.9 Å². The molecule has 4 rings (SSSR count). The Kier molecular flexibility index (Phi) is 9.55. The molecule has 4 atom stereocenters. The van der Waals surface area contributed by atoms with Gasteiger partial charge in [-0.2, -0.15) is 9.80 Å². The van der Waals surface area contributed by atoms with Crippen molar-refractivity contribution in [2.24, 2.45) is 0 Å². The lowest BCUT2D eigenvalue weighted by molar-refractivity contribution is -0.227. The Labute approximate surface area is 238 Å². The zero-order chi connectivity index (χ0) is 28.9. The van der Waals surface area contributed by atoms with Crippen molar-refractivity contribution in [2.75, 3.05) is 0 Å². The third-order valence-electron chi connectivity index (χ3n) is 7.39. The van der Waals surface area contributed by atoms with E-state index in [0.29, 0.717) is 5.56 Å². The van der Waals surface area contributed by atoms with Gasteiger partial charge in [-0.05, 0) is 64.1 Å². The van der Waals surface area contributed by atoms with Gasteiger partial charge in [-0.15, -0.1) is 0 Å². The molecule has 0 saturated heterocycles. The number of benzene rings is 4. The molecule has 7 heteroatoms. The zero-order valence-electron chi connectivity index (χ0n) is 23.5. The summed E-state index contributed by atoms with van der Waals surface area (Å²) < 4.78 is 0. The number of nitrogens with zero attached hydrogens (tertiary/aromatic N) is 2. The minimum absolute atomic E-state index is 0.712. The van der Waals surface area contributed by atoms with Crippen LogP contribution in [0.4, 0.5) is 0 Å². The normalized spacial score (nSPS) is 16.8. The lowest BCUT2D eigenvalue weighted by Gasteiger charge is -2.58. The highest BCUT2D eigenvalue weighted by Crippen LogP contribution is 2.73. The molecule has 4 unspecified atom stereocenters. The molecule has 210 valence electrons. The molecule has 0 radical (unpaired) electrons. The minimum Gasteiger partial charge on any atom is -0.378 e. The quantitative estimate of drug-likeness (QED) is 0.166. The Morgan fingerprint density at radius 3 is 0.950 bits per heavy atom. The number of aliphatic hydroxyl groups excluding tert-OH is 4. The Balaban J connectivity index is 2.43. The summed E-state index contributed by atoms with van der Waals surface area (Å²) >= 11 is 0. The number of rotatable bonds is 11. The average molecular weight is 560 g/mol. The van der Waals surface area contributed by atoms with Crippen molar-refractivity contribution in [3.63, 3.8) is 0 Å². The molecule has 0 amide bonds. The highest BCUT2D eigenvalue weighted by molar-refractivity contribution is 7.96. The molecule has 0 aromatic heterocycles. The van der Waals surface area contributed by atoms with Gasteiger partial charge in [-0.1, -0.05) is 84.9 Å². The molecule has 0 fully saturated rings. The highest BCUT2D eigenvalue weighted by Gasteiger charge is 2.72. The van der Waals surface area contributed by atoms with Crippen LogP contribution in [0.3, 0.4) is 0 Å². The summed E-state index contributed by atoms with van der Waals surface area (Å²) in [6.45, 7) is 6.45. The first-order valence-corrected chi connectivity index (χ1v) is 15.4. The molecule has 0 aliphatic heterocycles. The van der Waals surface area contributed by atoms with E-state index in [1.54, 1.807) is 37.5 Å². The van der Waals surface area contributed by atoms with Gasteiger partial charge < -0.3 is 20.4 Å². The molecular formula is C33H40N2O4P+. The van der Waals surface area contributed by atoms with Crippen molar-refractivity contribution in [1.29, 1.82) is 0 Å². The van der Waals surface area contributed by atoms with Crippen LogP contribution in [0.15, 0.2) is 121 Å². The van der Waals surface area contributed by atoms with Crippen LogP contribution in [0.2, 0.25) is 0 Å². The lowest BCUT2D eigenvalue weighted by atomic mass is 10.1. The van der Waals surface area contributed by atoms with Gasteiger partial charge in [0.1, 0.15) is 40.8 Å². The van der Waals surface area contributed by atoms with Crippen LogP contribution < -0.4 is 15.9 Å². The first kappa shape index (κ1) is 30.0. The summed E-state index contributed by atoms with van der Waals surface area (Å²) in [5.41, 5.74) is 0.712. The van der Waals surface area contributed by atoms with Crippen LogP contribution in [0, 0.1) is 0 Å². The van der Waals surface area contributed by atoms with Gasteiger partial charge in [0.25, 0.3) is 0 Å². The average Bonchev–Trinajstić information content (AvgIpc) is 2.95. The van der Waals surface area contributed by atoms with E-state index >= 15 is 0 Å². The molecule has 6 nitrogen and oxygen atoms in total. The molecule has 0 bridgehead atoms. The third-order valence-corrected chi connectivity index (χ3v) is 12.3. The molecule has 4 aromatic carbocycles. The Bertz CT molecular complexity index is 1190. The SMILES string of the molecule is CC(O)N(C(C)O)C(c1ccccc1)(N(C(C)O)C(C)O)[P+](c1ccccc1)(c1ccccc1)c1ccccc1. The topological polar surface area (TPSA) is 87.4 Å². The second-order valence-electron chi connectivity index (χ2n) is 10.0. The molecule has 0 saturated carbocycles. The molecule has 40 heavy (non-hydrogen) atoms. The number of hydrogen-bond acceptors (Lipinski definition) is 6. The summed E-state index contributed by atoms with van der Waals surface area (Å²) in [6, 6.07) is 39.8. The van der Waals surface area contributed by atoms with Crippen LogP contribution in [-0.4, -0.2) is 55.1 Å². The van der Waals surface area contributed by atoms with Crippen molar-refractivity contribution < 1.29 is 20.4 Å². The smallest absolute Gasteiger partial charge is 0.236 e. The van der Waals surface area contributed by atoms with Gasteiger partial charge in [-0.25, -0.2) is 0 Å². The fourth-order valence-electron chi connectivity index (χ4n) is 6.24. The molecule has 0 aliphatic carbocycles. The van der Waals surface area contributed by atoms with Crippen LogP contribution in [0.1, 0.15) is 33.3 Å². The van der Waals surface area contributed by atoms with E-state index in [9.17, 15) is 20.4 Å². The van der Waals surface area contributed by atoms with Crippen molar-refractivity contribution in [3.05, 3.63) is 127 Å². The highest BCUT2D eigenvalue weighted by atomic mass is 31.2. The van der Waals surface area contributed by atoms with Crippen molar-refractivity contribution in [3.8, 4) is 0 Å². The standard InChI is InChI=1S/C33H40N2O4P/c1-25(36)34(26(2)37)33(29-17-9-5-10-18-29,35(27(3)38)28(4)39)40(30-19-11-6-12-20-30,31-21-13-7-14-22-31)32-23-15-8-16-24-32/h5-28,36-39H,1-4H3/q+1. The van der Waals surface area contributed by atoms with Crippen molar-refractivity contribution in [1.82, 2.24) is 9.80 Å². The predicted molar refractivity (Wildman–Crippen MR) is 164 cm³/mol. The summed E-state index contributed by atoms with van der Waals surface area (Å²) in [5, 5.41) is 47.7. The molecule has 0 spiro atoms. The maximum absolute atomic E-state index is 11.6. The second kappa shape index (κ2) is 12.7. The number of hydrogen-bond donors (Lipinski definition) is 4. The van der Waals surface area contributed by atoms with E-state index in [-0.39, 0.29) is 0 Å². The minimum atomic E-state index is -3.13. The van der Waals surface area contributed by atoms with Crippen molar-refractivity contribution >= 4 is 23.2 Å². The first-order chi connectivity index (χ1) is 19.2. The third kappa shape index (κ3) is 5.02. The Morgan fingerprint density at radius 2 is 0.700 bits per heavy atom. The van der Waals surface area contributed by atoms with Gasteiger partial charge in [0, 0.05) is 5.56 Å². The predicted octanol–water partition coefficient (Wildman–Crippen LogP) is 3.75. The van der Waals surface area contributed by atoms with Gasteiger partial charge in [0.05, 0.1) is 0 Å². The van der Waals surface area contributed by atoms with Crippen LogP contribution >= 0.6 is 7.26 Å². The van der Waals surface area contributed by atoms with E-state index in [2.05, 4.69) is 36.4 Å².